The third-order valence-electron chi connectivity index (χ3n) is 4.41. The Bertz CT molecular complexity index is 480. The van der Waals surface area contributed by atoms with Gasteiger partial charge in [0, 0.05) is 12.2 Å². The van der Waals surface area contributed by atoms with E-state index in [2.05, 4.69) is 22.4 Å². The minimum absolute atomic E-state index is 0.244. The molecule has 0 spiro atoms. The summed E-state index contributed by atoms with van der Waals surface area (Å²) in [6.07, 6.45) is 8.85. The number of pyridine rings is 1. The van der Waals surface area contributed by atoms with E-state index in [0.717, 1.165) is 23.6 Å². The molecule has 0 amide bonds. The molecule has 2 atom stereocenters. The molecule has 20 heavy (non-hydrogen) atoms. The minimum atomic E-state index is -0.244. The molecule has 2 aliphatic carbocycles. The van der Waals surface area contributed by atoms with E-state index in [1.165, 1.54) is 25.7 Å². The smallest absolute Gasteiger partial charge is 0.109 e. The van der Waals surface area contributed by atoms with Crippen LogP contribution in [0.4, 0.5) is 0 Å². The SMILES string of the molecule is N#CC1(NC2CC2)CCCC1CCSc1ccccn1. The standard InChI is InChI=1S/C16H21N3S/c17-12-16(19-14-6-7-14)9-3-4-13(16)8-11-20-15-5-1-2-10-18-15/h1-2,5,10,13-14,19H,3-4,6-9,11H2. The summed E-state index contributed by atoms with van der Waals surface area (Å²) >= 11 is 1.80. The van der Waals surface area contributed by atoms with Crippen LogP contribution >= 0.6 is 11.8 Å². The third kappa shape index (κ3) is 3.16. The minimum Gasteiger partial charge on any atom is -0.296 e. The molecular weight excluding hydrogens is 266 g/mol. The van der Waals surface area contributed by atoms with Crippen molar-refractivity contribution in [3.05, 3.63) is 24.4 Å². The van der Waals surface area contributed by atoms with Gasteiger partial charge in [-0.05, 0) is 55.9 Å². The molecule has 1 aromatic heterocycles. The molecule has 0 saturated heterocycles. The summed E-state index contributed by atoms with van der Waals surface area (Å²) in [5.41, 5.74) is -0.244. The van der Waals surface area contributed by atoms with Crippen molar-refractivity contribution in [1.82, 2.24) is 10.3 Å². The van der Waals surface area contributed by atoms with Crippen molar-refractivity contribution in [2.24, 2.45) is 5.92 Å². The number of hydrogen-bond donors (Lipinski definition) is 1. The monoisotopic (exact) mass is 287 g/mol. The highest BCUT2D eigenvalue weighted by Gasteiger charge is 2.45. The maximum absolute atomic E-state index is 9.65. The average Bonchev–Trinajstić information content (AvgIpc) is 3.21. The molecular formula is C16H21N3S. The van der Waals surface area contributed by atoms with Crippen LogP contribution in [0.5, 0.6) is 0 Å². The Hall–Kier alpha value is -1.05. The van der Waals surface area contributed by atoms with E-state index >= 15 is 0 Å². The van der Waals surface area contributed by atoms with Crippen LogP contribution in [-0.2, 0) is 0 Å². The van der Waals surface area contributed by atoms with Gasteiger partial charge in [0.25, 0.3) is 0 Å². The van der Waals surface area contributed by atoms with Crippen LogP contribution in [0.25, 0.3) is 0 Å². The van der Waals surface area contributed by atoms with Crippen LogP contribution in [0.2, 0.25) is 0 Å². The van der Waals surface area contributed by atoms with Crippen LogP contribution in [0, 0.1) is 17.2 Å². The highest BCUT2D eigenvalue weighted by molar-refractivity contribution is 7.99. The van der Waals surface area contributed by atoms with Crippen LogP contribution in [-0.4, -0.2) is 22.3 Å². The summed E-state index contributed by atoms with van der Waals surface area (Å²) in [4.78, 5) is 4.34. The fraction of sp³-hybridized carbons (Fsp3) is 0.625. The summed E-state index contributed by atoms with van der Waals surface area (Å²) in [6, 6.07) is 9.25. The zero-order chi connectivity index (χ0) is 13.8. The molecule has 2 unspecified atom stereocenters. The van der Waals surface area contributed by atoms with Crippen molar-refractivity contribution in [2.75, 3.05) is 5.75 Å². The van der Waals surface area contributed by atoms with Crippen molar-refractivity contribution < 1.29 is 0 Å². The van der Waals surface area contributed by atoms with Gasteiger partial charge in [-0.15, -0.1) is 11.8 Å². The van der Waals surface area contributed by atoms with E-state index in [0.29, 0.717) is 12.0 Å². The van der Waals surface area contributed by atoms with Gasteiger partial charge in [-0.3, -0.25) is 5.32 Å². The fourth-order valence-corrected chi connectivity index (χ4v) is 4.09. The summed E-state index contributed by atoms with van der Waals surface area (Å²) in [5, 5.41) is 14.4. The number of nitrogens with zero attached hydrogens (tertiary/aromatic N) is 2. The highest BCUT2D eigenvalue weighted by Crippen LogP contribution is 2.40. The number of nitrogens with one attached hydrogen (secondary N) is 1. The van der Waals surface area contributed by atoms with Crippen LogP contribution in [0.3, 0.4) is 0 Å². The first-order valence-electron chi connectivity index (χ1n) is 7.55. The Kier molecular flexibility index (Phi) is 4.28. The molecule has 0 bridgehead atoms. The van der Waals surface area contributed by atoms with Gasteiger partial charge < -0.3 is 0 Å². The fourth-order valence-electron chi connectivity index (χ4n) is 3.17. The number of rotatable bonds is 6. The molecule has 1 heterocycles. The topological polar surface area (TPSA) is 48.7 Å². The van der Waals surface area contributed by atoms with E-state index in [-0.39, 0.29) is 5.54 Å². The molecule has 106 valence electrons. The maximum Gasteiger partial charge on any atom is 0.109 e. The van der Waals surface area contributed by atoms with Crippen LogP contribution in [0.15, 0.2) is 29.4 Å². The quantitative estimate of drug-likeness (QED) is 0.815. The lowest BCUT2D eigenvalue weighted by atomic mass is 9.86. The summed E-state index contributed by atoms with van der Waals surface area (Å²) in [5.74, 6) is 1.56. The van der Waals surface area contributed by atoms with Crippen molar-refractivity contribution in [1.29, 1.82) is 5.26 Å². The lowest BCUT2D eigenvalue weighted by molar-refractivity contribution is 0.308. The second-order valence-corrected chi connectivity index (χ2v) is 7.01. The first-order valence-corrected chi connectivity index (χ1v) is 8.54. The second-order valence-electron chi connectivity index (χ2n) is 5.90. The Morgan fingerprint density at radius 2 is 2.30 bits per heavy atom. The molecule has 3 rings (SSSR count). The molecule has 2 fully saturated rings. The number of thioether (sulfide) groups is 1. The summed E-state index contributed by atoms with van der Waals surface area (Å²) < 4.78 is 0. The number of hydrogen-bond acceptors (Lipinski definition) is 4. The Balaban J connectivity index is 1.54. The van der Waals surface area contributed by atoms with Gasteiger partial charge in [0.1, 0.15) is 5.54 Å². The van der Waals surface area contributed by atoms with E-state index in [1.807, 2.05) is 18.3 Å². The molecule has 2 aliphatic rings. The highest BCUT2D eigenvalue weighted by atomic mass is 32.2. The Morgan fingerprint density at radius 1 is 1.40 bits per heavy atom. The van der Waals surface area contributed by atoms with Gasteiger partial charge >= 0.3 is 0 Å². The Labute approximate surface area is 125 Å². The van der Waals surface area contributed by atoms with E-state index in [9.17, 15) is 5.26 Å². The molecule has 0 aromatic carbocycles. The maximum atomic E-state index is 9.65. The van der Waals surface area contributed by atoms with Gasteiger partial charge in [-0.1, -0.05) is 12.5 Å². The first kappa shape index (κ1) is 13.9. The number of nitriles is 1. The van der Waals surface area contributed by atoms with E-state index in [4.69, 9.17) is 0 Å². The predicted molar refractivity (Wildman–Crippen MR) is 81.4 cm³/mol. The second kappa shape index (κ2) is 6.15. The predicted octanol–water partition coefficient (Wildman–Crippen LogP) is 3.38. The molecule has 1 aromatic rings. The third-order valence-corrected chi connectivity index (χ3v) is 5.39. The largest absolute Gasteiger partial charge is 0.296 e. The first-order chi connectivity index (χ1) is 9.82. The molecule has 4 heteroatoms. The van der Waals surface area contributed by atoms with Crippen molar-refractivity contribution in [3.8, 4) is 6.07 Å². The van der Waals surface area contributed by atoms with Gasteiger partial charge in [0.2, 0.25) is 0 Å². The molecule has 1 N–H and O–H groups in total. The van der Waals surface area contributed by atoms with Crippen molar-refractivity contribution in [3.63, 3.8) is 0 Å². The molecule has 3 nitrogen and oxygen atoms in total. The molecule has 2 saturated carbocycles. The van der Waals surface area contributed by atoms with E-state index in [1.54, 1.807) is 11.8 Å². The summed E-state index contributed by atoms with van der Waals surface area (Å²) in [6.45, 7) is 0. The van der Waals surface area contributed by atoms with Crippen LogP contribution in [0.1, 0.15) is 38.5 Å². The molecule has 0 radical (unpaired) electrons. The lowest BCUT2D eigenvalue weighted by Crippen LogP contribution is -2.48. The van der Waals surface area contributed by atoms with Gasteiger partial charge in [-0.2, -0.15) is 5.26 Å². The van der Waals surface area contributed by atoms with Gasteiger partial charge in [0.05, 0.1) is 11.1 Å². The zero-order valence-electron chi connectivity index (χ0n) is 11.7. The van der Waals surface area contributed by atoms with E-state index < -0.39 is 0 Å². The van der Waals surface area contributed by atoms with Gasteiger partial charge in [0.15, 0.2) is 0 Å². The van der Waals surface area contributed by atoms with Crippen molar-refractivity contribution >= 4 is 11.8 Å². The molecule has 0 aliphatic heterocycles. The normalized spacial score (nSPS) is 29.2. The summed E-state index contributed by atoms with van der Waals surface area (Å²) in [7, 11) is 0. The average molecular weight is 287 g/mol. The van der Waals surface area contributed by atoms with Gasteiger partial charge in [-0.25, -0.2) is 4.98 Å². The van der Waals surface area contributed by atoms with Crippen LogP contribution < -0.4 is 5.32 Å². The lowest BCUT2D eigenvalue weighted by Gasteiger charge is -2.30. The number of aromatic nitrogens is 1. The van der Waals surface area contributed by atoms with Crippen molar-refractivity contribution in [2.45, 2.75) is 55.1 Å². The Morgan fingerprint density at radius 3 is 3.00 bits per heavy atom. The zero-order valence-corrected chi connectivity index (χ0v) is 12.5.